The summed E-state index contributed by atoms with van der Waals surface area (Å²) in [5, 5.41) is 13.7. The molecule has 0 unspecified atom stereocenters. The SMILES string of the molecule is Cc1nn(-c2ccccc2)cc1CN1CC=C[C@H]1C(=O)O. The number of hydrogen-bond acceptors (Lipinski definition) is 3. The van der Waals surface area contributed by atoms with Crippen LogP contribution in [0.1, 0.15) is 11.3 Å². The molecule has 1 aromatic carbocycles. The van der Waals surface area contributed by atoms with Gasteiger partial charge in [0, 0.05) is 24.8 Å². The van der Waals surface area contributed by atoms with Crippen molar-refractivity contribution >= 4 is 5.97 Å². The first-order valence-corrected chi connectivity index (χ1v) is 6.89. The number of benzene rings is 1. The summed E-state index contributed by atoms with van der Waals surface area (Å²) < 4.78 is 1.84. The van der Waals surface area contributed by atoms with E-state index in [0.29, 0.717) is 13.1 Å². The molecule has 3 rings (SSSR count). The van der Waals surface area contributed by atoms with Crippen LogP contribution in [0.5, 0.6) is 0 Å². The van der Waals surface area contributed by atoms with Gasteiger partial charge in [0.05, 0.1) is 11.4 Å². The van der Waals surface area contributed by atoms with Gasteiger partial charge in [0.2, 0.25) is 0 Å². The number of nitrogens with zero attached hydrogens (tertiary/aromatic N) is 3. The van der Waals surface area contributed by atoms with Crippen LogP contribution in [0.3, 0.4) is 0 Å². The van der Waals surface area contributed by atoms with E-state index < -0.39 is 12.0 Å². The average Bonchev–Trinajstić information content (AvgIpc) is 3.08. The molecule has 0 amide bonds. The lowest BCUT2D eigenvalue weighted by atomic mass is 10.2. The molecular formula is C16H17N3O2. The molecule has 0 fully saturated rings. The molecule has 0 spiro atoms. The lowest BCUT2D eigenvalue weighted by Gasteiger charge is -2.20. The van der Waals surface area contributed by atoms with Crippen molar-refractivity contribution in [2.75, 3.05) is 6.54 Å². The van der Waals surface area contributed by atoms with E-state index >= 15 is 0 Å². The number of carbonyl (C=O) groups is 1. The van der Waals surface area contributed by atoms with Crippen molar-refractivity contribution in [3.63, 3.8) is 0 Å². The van der Waals surface area contributed by atoms with E-state index in [9.17, 15) is 9.90 Å². The van der Waals surface area contributed by atoms with Gasteiger partial charge in [0.15, 0.2) is 0 Å². The molecule has 2 heterocycles. The lowest BCUT2D eigenvalue weighted by Crippen LogP contribution is -2.35. The van der Waals surface area contributed by atoms with Crippen LogP contribution in [0.25, 0.3) is 5.69 Å². The highest BCUT2D eigenvalue weighted by molar-refractivity contribution is 5.76. The van der Waals surface area contributed by atoms with Crippen molar-refractivity contribution in [3.05, 3.63) is 59.9 Å². The van der Waals surface area contributed by atoms with Crippen molar-refractivity contribution < 1.29 is 9.90 Å². The number of rotatable bonds is 4. The number of para-hydroxylation sites is 1. The van der Waals surface area contributed by atoms with Crippen molar-refractivity contribution in [2.45, 2.75) is 19.5 Å². The number of carboxylic acid groups (broad SMARTS) is 1. The Morgan fingerprint density at radius 1 is 1.38 bits per heavy atom. The Morgan fingerprint density at radius 2 is 2.14 bits per heavy atom. The number of carboxylic acids is 1. The number of aryl methyl sites for hydroxylation is 1. The minimum Gasteiger partial charge on any atom is -0.480 e. The van der Waals surface area contributed by atoms with E-state index in [1.807, 2.05) is 59.1 Å². The summed E-state index contributed by atoms with van der Waals surface area (Å²) in [7, 11) is 0. The zero-order valence-electron chi connectivity index (χ0n) is 11.8. The van der Waals surface area contributed by atoms with Crippen LogP contribution in [0.4, 0.5) is 0 Å². The molecule has 2 aromatic rings. The second-order valence-corrected chi connectivity index (χ2v) is 5.16. The van der Waals surface area contributed by atoms with E-state index in [-0.39, 0.29) is 0 Å². The molecular weight excluding hydrogens is 266 g/mol. The molecule has 1 aromatic heterocycles. The Morgan fingerprint density at radius 3 is 2.86 bits per heavy atom. The highest BCUT2D eigenvalue weighted by Gasteiger charge is 2.26. The standard InChI is InChI=1S/C16H17N3O2/c1-12-13(10-18-9-5-8-15(18)16(20)21)11-19(17-12)14-6-3-2-4-7-14/h2-8,11,15H,9-10H2,1H3,(H,20,21)/t15-/m0/s1. The number of hydrogen-bond donors (Lipinski definition) is 1. The van der Waals surface area contributed by atoms with Crippen molar-refractivity contribution in [2.24, 2.45) is 0 Å². The van der Waals surface area contributed by atoms with Gasteiger partial charge in [0.1, 0.15) is 6.04 Å². The minimum atomic E-state index is -0.808. The molecule has 1 aliphatic heterocycles. The van der Waals surface area contributed by atoms with E-state index in [4.69, 9.17) is 0 Å². The molecule has 1 N–H and O–H groups in total. The molecule has 108 valence electrons. The average molecular weight is 283 g/mol. The van der Waals surface area contributed by atoms with Crippen LogP contribution in [0, 0.1) is 6.92 Å². The van der Waals surface area contributed by atoms with Crippen LogP contribution >= 0.6 is 0 Å². The van der Waals surface area contributed by atoms with E-state index in [1.165, 1.54) is 0 Å². The second-order valence-electron chi connectivity index (χ2n) is 5.16. The van der Waals surface area contributed by atoms with Crippen molar-refractivity contribution in [1.29, 1.82) is 0 Å². The zero-order chi connectivity index (χ0) is 14.8. The maximum absolute atomic E-state index is 11.2. The van der Waals surface area contributed by atoms with Crippen LogP contribution in [0.2, 0.25) is 0 Å². The highest BCUT2D eigenvalue weighted by atomic mass is 16.4. The predicted molar refractivity (Wildman–Crippen MR) is 79.3 cm³/mol. The summed E-state index contributed by atoms with van der Waals surface area (Å²) in [5.74, 6) is -0.808. The van der Waals surface area contributed by atoms with Gasteiger partial charge in [-0.05, 0) is 19.1 Å². The van der Waals surface area contributed by atoms with Crippen LogP contribution in [-0.2, 0) is 11.3 Å². The maximum Gasteiger partial charge on any atom is 0.324 e. The Balaban J connectivity index is 1.81. The normalized spacial score (nSPS) is 18.2. The quantitative estimate of drug-likeness (QED) is 0.872. The Hall–Kier alpha value is -2.40. The van der Waals surface area contributed by atoms with Gasteiger partial charge >= 0.3 is 5.97 Å². The van der Waals surface area contributed by atoms with Crippen LogP contribution in [-0.4, -0.2) is 38.3 Å². The van der Waals surface area contributed by atoms with Gasteiger partial charge < -0.3 is 5.11 Å². The van der Waals surface area contributed by atoms with Gasteiger partial charge in [-0.2, -0.15) is 5.10 Å². The van der Waals surface area contributed by atoms with Crippen LogP contribution < -0.4 is 0 Å². The Kier molecular flexibility index (Phi) is 3.58. The first-order chi connectivity index (χ1) is 10.1. The third kappa shape index (κ3) is 2.73. The van der Waals surface area contributed by atoms with E-state index in [2.05, 4.69) is 5.10 Å². The minimum absolute atomic E-state index is 0.538. The summed E-state index contributed by atoms with van der Waals surface area (Å²) >= 11 is 0. The Bertz CT molecular complexity index is 676. The largest absolute Gasteiger partial charge is 0.480 e. The fourth-order valence-electron chi connectivity index (χ4n) is 2.54. The monoisotopic (exact) mass is 283 g/mol. The van der Waals surface area contributed by atoms with Gasteiger partial charge in [-0.3, -0.25) is 9.69 Å². The molecule has 1 aliphatic rings. The smallest absolute Gasteiger partial charge is 0.324 e. The Labute approximate surface area is 123 Å². The van der Waals surface area contributed by atoms with Crippen LogP contribution in [0.15, 0.2) is 48.7 Å². The molecule has 0 bridgehead atoms. The molecule has 5 nitrogen and oxygen atoms in total. The molecule has 0 saturated heterocycles. The molecule has 0 aliphatic carbocycles. The molecule has 21 heavy (non-hydrogen) atoms. The number of aliphatic carboxylic acids is 1. The van der Waals surface area contributed by atoms with Gasteiger partial charge in [-0.15, -0.1) is 0 Å². The first-order valence-electron chi connectivity index (χ1n) is 6.89. The van der Waals surface area contributed by atoms with E-state index in [0.717, 1.165) is 16.9 Å². The predicted octanol–water partition coefficient (Wildman–Crippen LogP) is 2.01. The number of aromatic nitrogens is 2. The highest BCUT2D eigenvalue weighted by Crippen LogP contribution is 2.18. The van der Waals surface area contributed by atoms with Gasteiger partial charge in [-0.1, -0.05) is 30.4 Å². The fraction of sp³-hybridized carbons (Fsp3) is 0.250. The third-order valence-electron chi connectivity index (χ3n) is 3.70. The molecule has 5 heteroatoms. The summed E-state index contributed by atoms with van der Waals surface area (Å²) in [4.78, 5) is 13.1. The third-order valence-corrected chi connectivity index (χ3v) is 3.70. The second kappa shape index (κ2) is 5.54. The summed E-state index contributed by atoms with van der Waals surface area (Å²) in [6, 6.07) is 9.35. The van der Waals surface area contributed by atoms with Gasteiger partial charge in [0.25, 0.3) is 0 Å². The summed E-state index contributed by atoms with van der Waals surface area (Å²) in [5.41, 5.74) is 2.98. The van der Waals surface area contributed by atoms with Gasteiger partial charge in [-0.25, -0.2) is 4.68 Å². The van der Waals surface area contributed by atoms with Crippen molar-refractivity contribution in [1.82, 2.24) is 14.7 Å². The summed E-state index contributed by atoms with van der Waals surface area (Å²) in [6.07, 6.45) is 5.61. The summed E-state index contributed by atoms with van der Waals surface area (Å²) in [6.45, 7) is 3.20. The fourth-order valence-corrected chi connectivity index (χ4v) is 2.54. The first kappa shape index (κ1) is 13.6. The zero-order valence-corrected chi connectivity index (χ0v) is 11.8. The topological polar surface area (TPSA) is 58.4 Å². The van der Waals surface area contributed by atoms with E-state index in [1.54, 1.807) is 6.08 Å². The molecule has 0 radical (unpaired) electrons. The maximum atomic E-state index is 11.2. The van der Waals surface area contributed by atoms with Crippen molar-refractivity contribution in [3.8, 4) is 5.69 Å². The lowest BCUT2D eigenvalue weighted by molar-refractivity contribution is -0.141. The molecule has 1 atom stereocenters. The molecule has 0 saturated carbocycles.